The molecule has 14 nitrogen and oxygen atoms in total. The number of fused-ring (bicyclic) bond motifs is 10. The molecular formula is C112H70N14. The molecule has 0 amide bonds. The molecule has 14 heteroatoms. The highest BCUT2D eigenvalue weighted by atomic mass is 15.0. The van der Waals surface area contributed by atoms with Crippen LogP contribution in [0.2, 0.25) is 0 Å². The first-order chi connectivity index (χ1) is 62.4. The first-order valence-electron chi connectivity index (χ1n) is 41.8. The average molecular weight is 1610 g/mol. The van der Waals surface area contributed by atoms with Gasteiger partial charge in [0.05, 0.1) is 78.3 Å². The van der Waals surface area contributed by atoms with E-state index in [9.17, 15) is 0 Å². The van der Waals surface area contributed by atoms with Crippen molar-refractivity contribution < 1.29 is 0 Å². The van der Waals surface area contributed by atoms with Crippen molar-refractivity contribution in [1.29, 1.82) is 0 Å². The molecule has 0 aliphatic carbocycles. The van der Waals surface area contributed by atoms with E-state index >= 15 is 0 Å². The second-order valence-corrected chi connectivity index (χ2v) is 31.2. The molecule has 0 saturated carbocycles. The molecule has 24 rings (SSSR count). The fourth-order valence-corrected chi connectivity index (χ4v) is 17.1. The van der Waals surface area contributed by atoms with Crippen LogP contribution in [-0.2, 0) is 0 Å². The van der Waals surface area contributed by atoms with Gasteiger partial charge in [-0.3, -0.25) is 0 Å². The largest absolute Gasteiger partial charge is 0.309 e. The van der Waals surface area contributed by atoms with Crippen molar-refractivity contribution in [2.24, 2.45) is 0 Å². The maximum Gasteiger partial charge on any atom is 0.178 e. The van der Waals surface area contributed by atoms with Gasteiger partial charge in [-0.15, -0.1) is 0 Å². The molecule has 0 atom stereocenters. The van der Waals surface area contributed by atoms with Crippen molar-refractivity contribution >= 4 is 87.2 Å². The molecular weight excluding hydrogens is 1540 g/mol. The van der Waals surface area contributed by atoms with Gasteiger partial charge in [-0.25, -0.2) is 59.8 Å². The van der Waals surface area contributed by atoms with Gasteiger partial charge in [-0.05, 0) is 144 Å². The zero-order valence-electron chi connectivity index (χ0n) is 67.7. The predicted molar refractivity (Wildman–Crippen MR) is 510 cm³/mol. The second-order valence-electron chi connectivity index (χ2n) is 31.2. The number of benzene rings is 14. The first kappa shape index (κ1) is 73.8. The fourth-order valence-electron chi connectivity index (χ4n) is 17.1. The summed E-state index contributed by atoms with van der Waals surface area (Å²) < 4.78 is 4.67. The van der Waals surface area contributed by atoms with E-state index in [1.165, 1.54) is 43.6 Å². The van der Waals surface area contributed by atoms with Crippen molar-refractivity contribution in [3.63, 3.8) is 0 Å². The first-order valence-corrected chi connectivity index (χ1v) is 41.8. The van der Waals surface area contributed by atoms with Gasteiger partial charge in [0.2, 0.25) is 0 Å². The normalized spacial score (nSPS) is 11.5. The van der Waals surface area contributed by atoms with Crippen LogP contribution in [0.3, 0.4) is 0 Å². The molecule has 0 radical (unpaired) electrons. The summed E-state index contributed by atoms with van der Waals surface area (Å²) in [5, 5.41) is 9.24. The number of pyridine rings is 4. The molecule has 0 N–H and O–H groups in total. The number of rotatable bonds is 14. The summed E-state index contributed by atoms with van der Waals surface area (Å²) in [6, 6.07) is 139. The number of aromatic nitrogens is 14. The number of nitrogens with zero attached hydrogens (tertiary/aromatic N) is 14. The van der Waals surface area contributed by atoms with Crippen LogP contribution in [-0.4, -0.2) is 68.9 Å². The molecule has 126 heavy (non-hydrogen) atoms. The molecule has 588 valence electrons. The average Bonchev–Trinajstić information content (AvgIpc) is 1.59. The third-order valence-electron chi connectivity index (χ3n) is 23.5. The van der Waals surface area contributed by atoms with Crippen LogP contribution < -0.4 is 0 Å². The van der Waals surface area contributed by atoms with E-state index in [0.29, 0.717) is 23.3 Å². The molecule has 0 aliphatic rings. The molecule has 0 aliphatic heterocycles. The molecule has 0 fully saturated rings. The molecule has 0 saturated heterocycles. The summed E-state index contributed by atoms with van der Waals surface area (Å²) in [6.07, 6.45) is 6.94. The third-order valence-corrected chi connectivity index (χ3v) is 23.5. The summed E-state index contributed by atoms with van der Waals surface area (Å²) in [4.78, 5) is 58.1. The van der Waals surface area contributed by atoms with Gasteiger partial charge in [0.25, 0.3) is 0 Å². The van der Waals surface area contributed by atoms with Crippen LogP contribution in [0.4, 0.5) is 0 Å². The minimum Gasteiger partial charge on any atom is -0.309 e. The predicted octanol–water partition coefficient (Wildman–Crippen LogP) is 26.9. The number of para-hydroxylation sites is 4. The Balaban J connectivity index is 0.000000145. The molecule has 14 aromatic carbocycles. The van der Waals surface area contributed by atoms with Crippen LogP contribution in [0, 0.1) is 0 Å². The number of hydrogen-bond acceptors (Lipinski definition) is 12. The van der Waals surface area contributed by atoms with Crippen LogP contribution in [0.5, 0.6) is 0 Å². The van der Waals surface area contributed by atoms with Crippen molar-refractivity contribution in [2.75, 3.05) is 0 Å². The SMILES string of the molecule is c1ccc(-c2nc(-c3ccc(-c4ccc5ccc(-c6ccc7ccc(-c8ncccn8)nc7c6)cc5n4)cc3)cc(-c3ccc(-n4c5ccccc5c5ccccc54)cc3)n2)cc1.c1ccc(-c2nc(-c3ccc(-c4ccc5ccc(-c6ccc7ccc(-c8ncccn8)nc7c6)cc5n4)cc3)cc(-c3ccc(-n4c5ccccc5c5ccccc54)cc3)n2)cc1. The lowest BCUT2D eigenvalue weighted by molar-refractivity contribution is 1.15. The summed E-state index contributed by atoms with van der Waals surface area (Å²) in [5.74, 6) is 2.57. The van der Waals surface area contributed by atoms with E-state index in [0.717, 1.165) is 167 Å². The van der Waals surface area contributed by atoms with Crippen molar-refractivity contribution in [3.05, 3.63) is 425 Å². The van der Waals surface area contributed by atoms with Crippen LogP contribution in [0.1, 0.15) is 0 Å². The molecule has 24 aromatic rings. The van der Waals surface area contributed by atoms with E-state index < -0.39 is 0 Å². The number of hydrogen-bond donors (Lipinski definition) is 0. The van der Waals surface area contributed by atoms with Gasteiger partial charge in [-0.2, -0.15) is 0 Å². The van der Waals surface area contributed by atoms with Crippen molar-refractivity contribution in [3.8, 4) is 147 Å². The van der Waals surface area contributed by atoms with Gasteiger partial charge < -0.3 is 9.13 Å². The highest BCUT2D eigenvalue weighted by molar-refractivity contribution is 6.10. The summed E-state index contributed by atoms with van der Waals surface area (Å²) in [7, 11) is 0. The maximum atomic E-state index is 5.16. The smallest absolute Gasteiger partial charge is 0.178 e. The topological polar surface area (TPSA) is 165 Å². The highest BCUT2D eigenvalue weighted by Gasteiger charge is 2.20. The Hall–Kier alpha value is -17.4. The molecule has 0 unspecified atom stereocenters. The molecule has 0 bridgehead atoms. The van der Waals surface area contributed by atoms with E-state index in [1.54, 1.807) is 24.8 Å². The van der Waals surface area contributed by atoms with E-state index in [2.05, 4.69) is 369 Å². The minimum absolute atomic E-state index is 0.608. The minimum atomic E-state index is 0.608. The fraction of sp³-hybridized carbons (Fsp3) is 0. The van der Waals surface area contributed by atoms with Gasteiger partial charge in [-0.1, -0.05) is 279 Å². The van der Waals surface area contributed by atoms with E-state index in [1.807, 2.05) is 60.7 Å². The van der Waals surface area contributed by atoms with Gasteiger partial charge >= 0.3 is 0 Å². The maximum absolute atomic E-state index is 5.16. The Kier molecular flexibility index (Phi) is 18.5. The Morgan fingerprint density at radius 1 is 0.151 bits per heavy atom. The van der Waals surface area contributed by atoms with Gasteiger partial charge in [0.1, 0.15) is 11.4 Å². The Morgan fingerprint density at radius 3 is 0.690 bits per heavy atom. The Bertz CT molecular complexity index is 7700. The lowest BCUT2D eigenvalue weighted by atomic mass is 10.0. The summed E-state index contributed by atoms with van der Waals surface area (Å²) in [5.41, 5.74) is 29.5. The van der Waals surface area contributed by atoms with Gasteiger partial charge in [0, 0.05) is 124 Å². The third kappa shape index (κ3) is 14.1. The highest BCUT2D eigenvalue weighted by Crippen LogP contribution is 2.40. The summed E-state index contributed by atoms with van der Waals surface area (Å²) >= 11 is 0. The van der Waals surface area contributed by atoms with Crippen LogP contribution in [0.15, 0.2) is 425 Å². The van der Waals surface area contributed by atoms with E-state index in [-0.39, 0.29) is 0 Å². The summed E-state index contributed by atoms with van der Waals surface area (Å²) in [6.45, 7) is 0. The second kappa shape index (κ2) is 31.7. The van der Waals surface area contributed by atoms with Crippen molar-refractivity contribution in [2.45, 2.75) is 0 Å². The molecule has 10 heterocycles. The zero-order valence-corrected chi connectivity index (χ0v) is 67.7. The Labute approximate surface area is 723 Å². The van der Waals surface area contributed by atoms with Gasteiger partial charge in [0.15, 0.2) is 23.3 Å². The van der Waals surface area contributed by atoms with Crippen LogP contribution in [0.25, 0.3) is 234 Å². The lowest BCUT2D eigenvalue weighted by Gasteiger charge is -2.12. The monoisotopic (exact) mass is 1610 g/mol. The van der Waals surface area contributed by atoms with Crippen molar-refractivity contribution in [1.82, 2.24) is 68.9 Å². The lowest BCUT2D eigenvalue weighted by Crippen LogP contribution is -1.97. The zero-order chi connectivity index (χ0) is 83.4. The molecule has 0 spiro atoms. The Morgan fingerprint density at radius 2 is 0.389 bits per heavy atom. The standard InChI is InChI=1S/2C56H35N7/c2*1-2-9-41(10-3-1)55-61-51(35-52(62-55)40-23-27-44(28-24-40)63-53-13-6-4-11-45(53)46-12-5-7-14-54(46)63)37-17-15-36(16-18-37)47-29-25-38-19-21-42(33-49(38)59-47)43-22-20-39-26-30-48(60-50(39)34-43)56-57-31-8-32-58-56/h2*1-35H. The van der Waals surface area contributed by atoms with E-state index in [4.69, 9.17) is 39.9 Å². The van der Waals surface area contributed by atoms with Crippen LogP contribution >= 0.6 is 0 Å². The quantitative estimate of drug-likeness (QED) is 0.101. The molecule has 10 aromatic heterocycles.